The lowest BCUT2D eigenvalue weighted by molar-refractivity contribution is 0.436. The average Bonchev–Trinajstić information content (AvgIpc) is 2.73. The fourth-order valence-corrected chi connectivity index (χ4v) is 3.51. The Morgan fingerprint density at radius 1 is 1.44 bits per heavy atom. The van der Waals surface area contributed by atoms with Crippen molar-refractivity contribution >= 4 is 33.1 Å². The first-order valence-corrected chi connectivity index (χ1v) is 7.45. The van der Waals surface area contributed by atoms with Crippen LogP contribution in [0.25, 0.3) is 0 Å². The standard InChI is InChI=1S/C12H17BrN2S/c13-10-6-11(16-8-10)7-15-12(14)9-4-2-1-3-5-9/h6,8-9H,1-5,7H2,(H2,14,15). The van der Waals surface area contributed by atoms with E-state index in [-0.39, 0.29) is 0 Å². The SMILES string of the molecule is NC(=NCc1cc(Br)cs1)C1CCCCC1. The summed E-state index contributed by atoms with van der Waals surface area (Å²) in [6.07, 6.45) is 6.44. The second kappa shape index (κ2) is 5.82. The molecule has 2 rings (SSSR count). The zero-order valence-electron chi connectivity index (χ0n) is 9.29. The predicted octanol–water partition coefficient (Wildman–Crippen LogP) is 3.95. The summed E-state index contributed by atoms with van der Waals surface area (Å²) in [5, 5.41) is 2.08. The minimum Gasteiger partial charge on any atom is -0.387 e. The molecule has 0 amide bonds. The third kappa shape index (κ3) is 3.32. The smallest absolute Gasteiger partial charge is 0.0972 e. The van der Waals surface area contributed by atoms with E-state index in [1.165, 1.54) is 37.0 Å². The molecule has 1 heterocycles. The van der Waals surface area contributed by atoms with Gasteiger partial charge in [0.15, 0.2) is 0 Å². The number of hydrogen-bond acceptors (Lipinski definition) is 2. The maximum Gasteiger partial charge on any atom is 0.0972 e. The van der Waals surface area contributed by atoms with E-state index < -0.39 is 0 Å². The number of hydrogen-bond donors (Lipinski definition) is 1. The van der Waals surface area contributed by atoms with Gasteiger partial charge in [-0.3, -0.25) is 4.99 Å². The van der Waals surface area contributed by atoms with E-state index in [4.69, 9.17) is 5.73 Å². The zero-order chi connectivity index (χ0) is 11.4. The van der Waals surface area contributed by atoms with Crippen molar-refractivity contribution in [1.29, 1.82) is 0 Å². The molecular weight excluding hydrogens is 284 g/mol. The van der Waals surface area contributed by atoms with E-state index in [0.29, 0.717) is 5.92 Å². The minimum atomic E-state index is 0.539. The highest BCUT2D eigenvalue weighted by Gasteiger charge is 2.16. The van der Waals surface area contributed by atoms with Crippen LogP contribution in [0.4, 0.5) is 0 Å². The molecule has 4 heteroatoms. The van der Waals surface area contributed by atoms with Gasteiger partial charge in [0, 0.05) is 20.6 Å². The molecule has 1 aromatic rings. The van der Waals surface area contributed by atoms with Gasteiger partial charge in [-0.25, -0.2) is 0 Å². The van der Waals surface area contributed by atoms with Crippen LogP contribution >= 0.6 is 27.3 Å². The highest BCUT2D eigenvalue weighted by molar-refractivity contribution is 9.10. The summed E-state index contributed by atoms with van der Waals surface area (Å²) in [5.74, 6) is 1.40. The molecule has 0 spiro atoms. The maximum absolute atomic E-state index is 6.05. The lowest BCUT2D eigenvalue weighted by Crippen LogP contribution is -2.25. The molecule has 1 aliphatic rings. The Hall–Kier alpha value is -0.350. The first kappa shape index (κ1) is 12.1. The predicted molar refractivity (Wildman–Crippen MR) is 73.9 cm³/mol. The van der Waals surface area contributed by atoms with Gasteiger partial charge in [0.1, 0.15) is 0 Å². The van der Waals surface area contributed by atoms with Gasteiger partial charge >= 0.3 is 0 Å². The van der Waals surface area contributed by atoms with Crippen molar-refractivity contribution in [1.82, 2.24) is 0 Å². The highest BCUT2D eigenvalue weighted by Crippen LogP contribution is 2.24. The highest BCUT2D eigenvalue weighted by atomic mass is 79.9. The van der Waals surface area contributed by atoms with Crippen LogP contribution in [0.2, 0.25) is 0 Å². The molecule has 1 aromatic heterocycles. The van der Waals surface area contributed by atoms with Crippen molar-refractivity contribution in [2.75, 3.05) is 0 Å². The number of nitrogens with two attached hydrogens (primary N) is 1. The molecule has 0 aliphatic heterocycles. The van der Waals surface area contributed by atoms with Crippen LogP contribution in [-0.2, 0) is 6.54 Å². The van der Waals surface area contributed by atoms with E-state index >= 15 is 0 Å². The summed E-state index contributed by atoms with van der Waals surface area (Å²) >= 11 is 5.18. The number of thiophene rings is 1. The molecule has 0 unspecified atom stereocenters. The molecule has 88 valence electrons. The lowest BCUT2D eigenvalue weighted by Gasteiger charge is -2.20. The Bertz CT molecular complexity index is 367. The number of halogens is 1. The van der Waals surface area contributed by atoms with Gasteiger partial charge < -0.3 is 5.73 Å². The average molecular weight is 301 g/mol. The summed E-state index contributed by atoms with van der Waals surface area (Å²) in [4.78, 5) is 5.78. The largest absolute Gasteiger partial charge is 0.387 e. The monoisotopic (exact) mass is 300 g/mol. The van der Waals surface area contributed by atoms with Crippen molar-refractivity contribution in [3.8, 4) is 0 Å². The molecule has 0 atom stereocenters. The lowest BCUT2D eigenvalue weighted by atomic mass is 9.88. The van der Waals surface area contributed by atoms with Gasteiger partial charge in [-0.15, -0.1) is 11.3 Å². The van der Waals surface area contributed by atoms with Gasteiger partial charge in [-0.2, -0.15) is 0 Å². The van der Waals surface area contributed by atoms with E-state index in [9.17, 15) is 0 Å². The fraction of sp³-hybridized carbons (Fsp3) is 0.583. The summed E-state index contributed by atoms with van der Waals surface area (Å²) in [5.41, 5.74) is 6.05. The molecule has 2 N–H and O–H groups in total. The summed E-state index contributed by atoms with van der Waals surface area (Å²) in [6, 6.07) is 2.11. The Balaban J connectivity index is 1.90. The van der Waals surface area contributed by atoms with Crippen molar-refractivity contribution < 1.29 is 0 Å². The molecule has 0 bridgehead atoms. The molecular formula is C12H17BrN2S. The molecule has 1 aliphatic carbocycles. The summed E-state index contributed by atoms with van der Waals surface area (Å²) in [6.45, 7) is 0.735. The summed E-state index contributed by atoms with van der Waals surface area (Å²) in [7, 11) is 0. The molecule has 0 saturated heterocycles. The van der Waals surface area contributed by atoms with Crippen molar-refractivity contribution in [3.05, 3.63) is 20.8 Å². The van der Waals surface area contributed by atoms with Gasteiger partial charge in [0.2, 0.25) is 0 Å². The zero-order valence-corrected chi connectivity index (χ0v) is 11.7. The Morgan fingerprint density at radius 2 is 2.19 bits per heavy atom. The van der Waals surface area contributed by atoms with E-state index in [0.717, 1.165) is 16.9 Å². The second-order valence-electron chi connectivity index (χ2n) is 4.31. The van der Waals surface area contributed by atoms with E-state index in [1.807, 2.05) is 0 Å². The number of aliphatic imine (C=N–C) groups is 1. The molecule has 1 saturated carbocycles. The van der Waals surface area contributed by atoms with Gasteiger partial charge in [0.05, 0.1) is 12.4 Å². The molecule has 1 fully saturated rings. The van der Waals surface area contributed by atoms with Crippen LogP contribution in [0.5, 0.6) is 0 Å². The second-order valence-corrected chi connectivity index (χ2v) is 6.22. The Labute approximate surface area is 109 Å². The first-order chi connectivity index (χ1) is 7.75. The number of amidine groups is 1. The van der Waals surface area contributed by atoms with Crippen LogP contribution in [0.3, 0.4) is 0 Å². The van der Waals surface area contributed by atoms with E-state index in [2.05, 4.69) is 32.4 Å². The third-order valence-electron chi connectivity index (χ3n) is 3.06. The topological polar surface area (TPSA) is 38.4 Å². The quantitative estimate of drug-likeness (QED) is 0.666. The third-order valence-corrected chi connectivity index (χ3v) is 4.75. The number of nitrogens with zero attached hydrogens (tertiary/aromatic N) is 1. The van der Waals surface area contributed by atoms with Gasteiger partial charge in [0.25, 0.3) is 0 Å². The molecule has 2 nitrogen and oxygen atoms in total. The van der Waals surface area contributed by atoms with Crippen LogP contribution in [0.1, 0.15) is 37.0 Å². The molecule has 16 heavy (non-hydrogen) atoms. The Morgan fingerprint density at radius 3 is 2.81 bits per heavy atom. The van der Waals surface area contributed by atoms with Crippen LogP contribution in [0, 0.1) is 5.92 Å². The number of rotatable bonds is 3. The summed E-state index contributed by atoms with van der Waals surface area (Å²) < 4.78 is 1.14. The van der Waals surface area contributed by atoms with Gasteiger partial charge in [-0.1, -0.05) is 19.3 Å². The molecule has 0 radical (unpaired) electrons. The Kier molecular flexibility index (Phi) is 4.41. The normalized spacial score (nSPS) is 18.9. The van der Waals surface area contributed by atoms with Gasteiger partial charge in [-0.05, 0) is 34.8 Å². The van der Waals surface area contributed by atoms with Crippen molar-refractivity contribution in [3.63, 3.8) is 0 Å². The maximum atomic E-state index is 6.05. The van der Waals surface area contributed by atoms with E-state index in [1.54, 1.807) is 11.3 Å². The van der Waals surface area contributed by atoms with Crippen molar-refractivity contribution in [2.24, 2.45) is 16.6 Å². The van der Waals surface area contributed by atoms with Crippen LogP contribution < -0.4 is 5.73 Å². The van der Waals surface area contributed by atoms with Crippen LogP contribution in [0.15, 0.2) is 20.9 Å². The first-order valence-electron chi connectivity index (χ1n) is 5.78. The van der Waals surface area contributed by atoms with Crippen molar-refractivity contribution in [2.45, 2.75) is 38.6 Å². The fourth-order valence-electron chi connectivity index (χ4n) is 2.13. The minimum absolute atomic E-state index is 0.539. The van der Waals surface area contributed by atoms with Crippen LogP contribution in [-0.4, -0.2) is 5.84 Å². The molecule has 0 aromatic carbocycles.